The first-order valence-corrected chi connectivity index (χ1v) is 6.94. The van der Waals surface area contributed by atoms with Gasteiger partial charge in [-0.3, -0.25) is 0 Å². The van der Waals surface area contributed by atoms with Crippen molar-refractivity contribution in [3.8, 4) is 0 Å². The molecular formula is C15H13BrClFO. The van der Waals surface area contributed by atoms with Crippen LogP contribution in [-0.4, -0.2) is 5.11 Å². The molecule has 0 saturated heterocycles. The molecule has 19 heavy (non-hydrogen) atoms. The van der Waals surface area contributed by atoms with Gasteiger partial charge < -0.3 is 5.11 Å². The van der Waals surface area contributed by atoms with Crippen molar-refractivity contribution in [1.29, 1.82) is 0 Å². The van der Waals surface area contributed by atoms with E-state index < -0.39 is 11.4 Å². The van der Waals surface area contributed by atoms with E-state index in [0.29, 0.717) is 10.0 Å². The van der Waals surface area contributed by atoms with Gasteiger partial charge in [0, 0.05) is 10.0 Å². The lowest BCUT2D eigenvalue weighted by molar-refractivity contribution is 0.0979. The van der Waals surface area contributed by atoms with E-state index >= 15 is 0 Å². The molecule has 0 amide bonds. The minimum atomic E-state index is -1.43. The average Bonchev–Trinajstić information content (AvgIpc) is 2.36. The van der Waals surface area contributed by atoms with Gasteiger partial charge in [0.1, 0.15) is 11.4 Å². The summed E-state index contributed by atoms with van der Waals surface area (Å²) in [4.78, 5) is 0. The maximum atomic E-state index is 14.2. The molecule has 2 rings (SSSR count). The molecule has 0 aliphatic carbocycles. The summed E-state index contributed by atoms with van der Waals surface area (Å²) in [5.41, 5.74) is 0.359. The number of hydrogen-bond donors (Lipinski definition) is 1. The molecule has 0 aliphatic rings. The Morgan fingerprint density at radius 3 is 2.58 bits per heavy atom. The predicted octanol–water partition coefficient (Wildman–Crippen LogP) is 4.81. The van der Waals surface area contributed by atoms with E-state index in [4.69, 9.17) is 11.6 Å². The number of aryl methyl sites for hydroxylation is 1. The molecule has 2 aromatic rings. The second-order valence-electron chi connectivity index (χ2n) is 4.66. The van der Waals surface area contributed by atoms with Crippen LogP contribution < -0.4 is 0 Å². The lowest BCUT2D eigenvalue weighted by Gasteiger charge is -2.26. The van der Waals surface area contributed by atoms with Crippen molar-refractivity contribution in [1.82, 2.24) is 0 Å². The van der Waals surface area contributed by atoms with Gasteiger partial charge in [-0.25, -0.2) is 4.39 Å². The van der Waals surface area contributed by atoms with Gasteiger partial charge in [0.05, 0.1) is 5.02 Å². The summed E-state index contributed by atoms with van der Waals surface area (Å²) in [7, 11) is 0. The number of aliphatic hydroxyl groups is 1. The molecule has 0 saturated carbocycles. The Morgan fingerprint density at radius 1 is 1.26 bits per heavy atom. The van der Waals surface area contributed by atoms with E-state index in [1.54, 1.807) is 19.1 Å². The monoisotopic (exact) mass is 342 g/mol. The fraction of sp³-hybridized carbons (Fsp3) is 0.200. The summed E-state index contributed by atoms with van der Waals surface area (Å²) in [6.45, 7) is 3.48. The second kappa shape index (κ2) is 5.23. The molecular weight excluding hydrogens is 331 g/mol. The van der Waals surface area contributed by atoms with Gasteiger partial charge >= 0.3 is 0 Å². The van der Waals surface area contributed by atoms with Crippen molar-refractivity contribution in [3.05, 3.63) is 68.4 Å². The molecule has 0 heterocycles. The van der Waals surface area contributed by atoms with E-state index in [1.165, 1.54) is 6.07 Å². The molecule has 0 bridgehead atoms. The highest BCUT2D eigenvalue weighted by molar-refractivity contribution is 9.10. The highest BCUT2D eigenvalue weighted by Crippen LogP contribution is 2.36. The highest BCUT2D eigenvalue weighted by atomic mass is 79.9. The minimum Gasteiger partial charge on any atom is -0.381 e. The molecule has 1 nitrogen and oxygen atoms in total. The smallest absolute Gasteiger partial charge is 0.149 e. The number of hydrogen-bond acceptors (Lipinski definition) is 1. The number of benzene rings is 2. The van der Waals surface area contributed by atoms with Gasteiger partial charge in [-0.1, -0.05) is 47.5 Å². The van der Waals surface area contributed by atoms with Crippen LogP contribution in [0.15, 0.2) is 40.9 Å². The van der Waals surface area contributed by atoms with E-state index in [0.717, 1.165) is 5.56 Å². The summed E-state index contributed by atoms with van der Waals surface area (Å²) in [6, 6.07) is 10.5. The number of halogens is 3. The lowest BCUT2D eigenvalue weighted by Crippen LogP contribution is -2.24. The van der Waals surface area contributed by atoms with Crippen molar-refractivity contribution < 1.29 is 9.50 Å². The maximum Gasteiger partial charge on any atom is 0.149 e. The fourth-order valence-electron chi connectivity index (χ4n) is 2.01. The Balaban J connectivity index is 2.60. The minimum absolute atomic E-state index is 0.0228. The SMILES string of the molecule is Cc1cccc(C(C)(O)c2ccc(Br)c(Cl)c2F)c1. The fourth-order valence-corrected chi connectivity index (χ4v) is 2.48. The van der Waals surface area contributed by atoms with Crippen molar-refractivity contribution in [3.63, 3.8) is 0 Å². The van der Waals surface area contributed by atoms with Gasteiger partial charge in [0.2, 0.25) is 0 Å². The Bertz CT molecular complexity index is 626. The topological polar surface area (TPSA) is 20.2 Å². The summed E-state index contributed by atoms with van der Waals surface area (Å²) >= 11 is 9.04. The first-order valence-electron chi connectivity index (χ1n) is 5.77. The van der Waals surface area contributed by atoms with Gasteiger partial charge in [-0.05, 0) is 41.4 Å². The largest absolute Gasteiger partial charge is 0.381 e. The third-order valence-corrected chi connectivity index (χ3v) is 4.40. The van der Waals surface area contributed by atoms with E-state index in [1.807, 2.05) is 25.1 Å². The predicted molar refractivity (Wildman–Crippen MR) is 79.0 cm³/mol. The van der Waals surface area contributed by atoms with Crippen LogP contribution in [0.2, 0.25) is 5.02 Å². The number of rotatable bonds is 2. The van der Waals surface area contributed by atoms with Gasteiger partial charge in [-0.2, -0.15) is 0 Å². The van der Waals surface area contributed by atoms with Crippen LogP contribution in [-0.2, 0) is 5.60 Å². The maximum absolute atomic E-state index is 14.2. The molecule has 1 N–H and O–H groups in total. The van der Waals surface area contributed by atoms with Crippen LogP contribution in [0, 0.1) is 12.7 Å². The van der Waals surface area contributed by atoms with E-state index in [9.17, 15) is 9.50 Å². The van der Waals surface area contributed by atoms with Crippen molar-refractivity contribution in [2.45, 2.75) is 19.4 Å². The summed E-state index contributed by atoms with van der Waals surface area (Å²) < 4.78 is 14.7. The van der Waals surface area contributed by atoms with Crippen LogP contribution in [0.5, 0.6) is 0 Å². The molecule has 0 aromatic heterocycles. The molecule has 100 valence electrons. The molecule has 4 heteroatoms. The van der Waals surface area contributed by atoms with E-state index in [2.05, 4.69) is 15.9 Å². The zero-order valence-corrected chi connectivity index (χ0v) is 12.9. The Labute approximate surface area is 125 Å². The Hall–Kier alpha value is -0.900. The molecule has 0 spiro atoms. The molecule has 2 aromatic carbocycles. The first kappa shape index (κ1) is 14.5. The first-order chi connectivity index (χ1) is 8.84. The highest BCUT2D eigenvalue weighted by Gasteiger charge is 2.30. The van der Waals surface area contributed by atoms with Gasteiger partial charge in [0.25, 0.3) is 0 Å². The standard InChI is InChI=1S/C15H13BrClFO/c1-9-4-3-5-10(8-9)15(2,19)11-6-7-12(16)13(17)14(11)18/h3-8,19H,1-2H3. The second-order valence-corrected chi connectivity index (χ2v) is 5.90. The molecule has 1 atom stereocenters. The zero-order valence-electron chi connectivity index (χ0n) is 10.5. The normalized spacial score (nSPS) is 14.2. The third-order valence-electron chi connectivity index (χ3n) is 3.14. The average molecular weight is 344 g/mol. The zero-order chi connectivity index (χ0) is 14.2. The van der Waals surface area contributed by atoms with Crippen LogP contribution in [0.4, 0.5) is 4.39 Å². The lowest BCUT2D eigenvalue weighted by atomic mass is 9.87. The summed E-state index contributed by atoms with van der Waals surface area (Å²) in [6.07, 6.45) is 0. The molecule has 1 unspecified atom stereocenters. The molecule has 0 fully saturated rings. The van der Waals surface area contributed by atoms with E-state index in [-0.39, 0.29) is 10.6 Å². The van der Waals surface area contributed by atoms with Crippen LogP contribution in [0.3, 0.4) is 0 Å². The third kappa shape index (κ3) is 2.69. The van der Waals surface area contributed by atoms with Crippen molar-refractivity contribution in [2.24, 2.45) is 0 Å². The van der Waals surface area contributed by atoms with Crippen LogP contribution >= 0.6 is 27.5 Å². The van der Waals surface area contributed by atoms with Gasteiger partial charge in [-0.15, -0.1) is 0 Å². The quantitative estimate of drug-likeness (QED) is 0.776. The van der Waals surface area contributed by atoms with Crippen LogP contribution in [0.1, 0.15) is 23.6 Å². The molecule has 0 aliphatic heterocycles. The van der Waals surface area contributed by atoms with Crippen LogP contribution in [0.25, 0.3) is 0 Å². The van der Waals surface area contributed by atoms with Gasteiger partial charge in [0.15, 0.2) is 0 Å². The Morgan fingerprint density at radius 2 is 1.95 bits per heavy atom. The molecule has 0 radical (unpaired) electrons. The van der Waals surface area contributed by atoms with Crippen molar-refractivity contribution in [2.75, 3.05) is 0 Å². The van der Waals surface area contributed by atoms with Crippen molar-refractivity contribution >= 4 is 27.5 Å². The summed E-state index contributed by atoms with van der Waals surface area (Å²) in [5, 5.41) is 10.6. The summed E-state index contributed by atoms with van der Waals surface area (Å²) in [5.74, 6) is -0.609. The Kier molecular flexibility index (Phi) is 4.00.